The molecule has 0 bridgehead atoms. The number of nitrogens with one attached hydrogen (secondary N) is 2. The molecule has 0 aliphatic carbocycles. The Morgan fingerprint density at radius 1 is 1.54 bits per heavy atom. The van der Waals surface area contributed by atoms with Crippen molar-refractivity contribution in [1.82, 2.24) is 14.8 Å². The molecule has 2 amide bonds. The van der Waals surface area contributed by atoms with Crippen molar-refractivity contribution >= 4 is 39.9 Å². The van der Waals surface area contributed by atoms with Gasteiger partial charge in [-0.05, 0) is 17.9 Å². The number of aromatic amines is 1. The van der Waals surface area contributed by atoms with E-state index in [1.54, 1.807) is 18.6 Å². The molecule has 2 rings (SSSR count). The third-order valence-corrected chi connectivity index (χ3v) is 4.78. The molecule has 11 heteroatoms. The second-order valence-corrected chi connectivity index (χ2v) is 6.53. The summed E-state index contributed by atoms with van der Waals surface area (Å²) in [6.45, 7) is 0.973. The van der Waals surface area contributed by atoms with Crippen molar-refractivity contribution in [2.75, 3.05) is 24.8 Å². The molecule has 0 saturated carbocycles. The van der Waals surface area contributed by atoms with Gasteiger partial charge in [-0.2, -0.15) is 0 Å². The first-order valence-electron chi connectivity index (χ1n) is 6.97. The number of nitrogens with zero attached hydrogens (tertiary/aromatic N) is 2. The minimum absolute atomic E-state index is 0.0463. The fourth-order valence-corrected chi connectivity index (χ4v) is 3.45. The van der Waals surface area contributed by atoms with E-state index in [9.17, 15) is 14.4 Å². The van der Waals surface area contributed by atoms with E-state index >= 15 is 0 Å². The molecule has 0 aliphatic heterocycles. The molecule has 9 nitrogen and oxygen atoms in total. The maximum Gasteiger partial charge on any atom is 0.343 e. The van der Waals surface area contributed by atoms with E-state index in [0.717, 1.165) is 11.8 Å². The largest absolute Gasteiger partial charge is 0.385 e. The Morgan fingerprint density at radius 2 is 2.33 bits per heavy atom. The summed E-state index contributed by atoms with van der Waals surface area (Å²) in [5, 5.41) is 11.4. The van der Waals surface area contributed by atoms with Crippen LogP contribution in [-0.4, -0.2) is 46.0 Å². The number of H-pyrrole nitrogens is 1. The fourth-order valence-electron chi connectivity index (χ4n) is 1.87. The highest BCUT2D eigenvalue weighted by atomic mass is 32.2. The molecule has 0 spiro atoms. The van der Waals surface area contributed by atoms with Gasteiger partial charge in [0.15, 0.2) is 5.16 Å². The predicted molar refractivity (Wildman–Crippen MR) is 91.5 cm³/mol. The van der Waals surface area contributed by atoms with Crippen LogP contribution in [0.5, 0.6) is 0 Å². The Kier molecular flexibility index (Phi) is 6.58. The van der Waals surface area contributed by atoms with Crippen molar-refractivity contribution in [2.45, 2.75) is 18.1 Å². The Bertz CT molecular complexity index is 767. The number of anilines is 1. The number of aromatic nitrogens is 3. The van der Waals surface area contributed by atoms with Gasteiger partial charge in [0, 0.05) is 20.3 Å². The highest BCUT2D eigenvalue weighted by Crippen LogP contribution is 2.23. The van der Waals surface area contributed by atoms with Crippen LogP contribution in [0.3, 0.4) is 0 Å². The SMILES string of the molecule is COCCCn1c(SCC(=O)Nc2sccc2C(N)=O)n[nH]c1=O. The summed E-state index contributed by atoms with van der Waals surface area (Å²) in [5.74, 6) is -0.868. The number of carbonyl (C=O) groups excluding carboxylic acids is 2. The number of ether oxygens (including phenoxy) is 1. The monoisotopic (exact) mass is 371 g/mol. The normalized spacial score (nSPS) is 10.7. The van der Waals surface area contributed by atoms with Gasteiger partial charge in [0.05, 0.1) is 11.3 Å². The number of carbonyl (C=O) groups is 2. The minimum Gasteiger partial charge on any atom is -0.385 e. The van der Waals surface area contributed by atoms with Gasteiger partial charge in [0.2, 0.25) is 5.91 Å². The number of hydrogen-bond acceptors (Lipinski definition) is 7. The topological polar surface area (TPSA) is 132 Å². The van der Waals surface area contributed by atoms with E-state index in [0.29, 0.717) is 29.7 Å². The molecule has 2 heterocycles. The second-order valence-electron chi connectivity index (χ2n) is 4.67. The smallest absolute Gasteiger partial charge is 0.343 e. The molecule has 0 aliphatic rings. The number of thiophene rings is 1. The maximum absolute atomic E-state index is 12.0. The van der Waals surface area contributed by atoms with Gasteiger partial charge in [0.25, 0.3) is 5.91 Å². The third kappa shape index (κ3) is 4.69. The first kappa shape index (κ1) is 18.2. The molecule has 2 aromatic rings. The van der Waals surface area contributed by atoms with E-state index in [-0.39, 0.29) is 22.9 Å². The van der Waals surface area contributed by atoms with Crippen LogP contribution in [0.4, 0.5) is 5.00 Å². The highest BCUT2D eigenvalue weighted by Gasteiger charge is 2.15. The second kappa shape index (κ2) is 8.66. The first-order valence-corrected chi connectivity index (χ1v) is 8.83. The van der Waals surface area contributed by atoms with Crippen LogP contribution < -0.4 is 16.7 Å². The number of amides is 2. The highest BCUT2D eigenvalue weighted by molar-refractivity contribution is 7.99. The van der Waals surface area contributed by atoms with Crippen molar-refractivity contribution in [1.29, 1.82) is 0 Å². The van der Waals surface area contributed by atoms with Crippen molar-refractivity contribution < 1.29 is 14.3 Å². The molecule has 2 aromatic heterocycles. The van der Waals surface area contributed by atoms with Crippen LogP contribution in [-0.2, 0) is 16.1 Å². The van der Waals surface area contributed by atoms with Crippen molar-refractivity contribution in [3.05, 3.63) is 27.5 Å². The lowest BCUT2D eigenvalue weighted by Crippen LogP contribution is -2.20. The lowest BCUT2D eigenvalue weighted by Gasteiger charge is -2.06. The van der Waals surface area contributed by atoms with Crippen molar-refractivity contribution in [2.24, 2.45) is 5.73 Å². The van der Waals surface area contributed by atoms with Crippen LogP contribution in [0.15, 0.2) is 21.4 Å². The summed E-state index contributed by atoms with van der Waals surface area (Å²) in [6.07, 6.45) is 0.660. The van der Waals surface area contributed by atoms with Gasteiger partial charge in [-0.3, -0.25) is 14.2 Å². The molecule has 4 N–H and O–H groups in total. The third-order valence-electron chi connectivity index (χ3n) is 2.97. The zero-order valence-electron chi connectivity index (χ0n) is 12.9. The number of methoxy groups -OCH3 is 1. The molecule has 0 fully saturated rings. The molecule has 24 heavy (non-hydrogen) atoms. The Labute approximate surface area is 145 Å². The maximum atomic E-state index is 12.0. The quantitative estimate of drug-likeness (QED) is 0.434. The van der Waals surface area contributed by atoms with Crippen molar-refractivity contribution in [3.8, 4) is 0 Å². The van der Waals surface area contributed by atoms with Gasteiger partial charge in [-0.1, -0.05) is 11.8 Å². The number of hydrogen-bond donors (Lipinski definition) is 3. The zero-order valence-corrected chi connectivity index (χ0v) is 14.5. The molecule has 0 radical (unpaired) electrons. The predicted octanol–water partition coefficient (Wildman–Crippen LogP) is 0.499. The van der Waals surface area contributed by atoms with Crippen LogP contribution in [0, 0.1) is 0 Å². The minimum atomic E-state index is -0.599. The average molecular weight is 371 g/mol. The van der Waals surface area contributed by atoms with E-state index in [1.807, 2.05) is 0 Å². The summed E-state index contributed by atoms with van der Waals surface area (Å²) in [5.41, 5.74) is 5.17. The van der Waals surface area contributed by atoms with Gasteiger partial charge in [0.1, 0.15) is 5.00 Å². The van der Waals surface area contributed by atoms with Gasteiger partial charge in [-0.25, -0.2) is 9.89 Å². The molecular formula is C13H17N5O4S2. The summed E-state index contributed by atoms with van der Waals surface area (Å²) in [7, 11) is 1.59. The summed E-state index contributed by atoms with van der Waals surface area (Å²) >= 11 is 2.34. The molecule has 0 unspecified atom stereocenters. The first-order chi connectivity index (χ1) is 11.5. The van der Waals surface area contributed by atoms with Crippen LogP contribution >= 0.6 is 23.1 Å². The molecular weight excluding hydrogens is 354 g/mol. The molecule has 0 saturated heterocycles. The van der Waals surface area contributed by atoms with Gasteiger partial charge in [-0.15, -0.1) is 16.4 Å². The van der Waals surface area contributed by atoms with E-state index < -0.39 is 5.91 Å². The molecule has 0 aromatic carbocycles. The van der Waals surface area contributed by atoms with Crippen LogP contribution in [0.25, 0.3) is 0 Å². The zero-order chi connectivity index (χ0) is 17.5. The number of nitrogens with two attached hydrogens (primary N) is 1. The van der Waals surface area contributed by atoms with Crippen LogP contribution in [0.2, 0.25) is 0 Å². The average Bonchev–Trinajstić information content (AvgIpc) is 3.13. The standard InChI is InChI=1S/C13H17N5O4S2/c1-22-5-2-4-18-12(21)16-17-13(18)24-7-9(19)15-11-8(10(14)20)3-6-23-11/h3,6H,2,4-5,7H2,1H3,(H2,14,20)(H,15,19)(H,16,21). The molecule has 0 atom stereocenters. The van der Waals surface area contributed by atoms with Gasteiger partial charge < -0.3 is 15.8 Å². The van der Waals surface area contributed by atoms with Crippen molar-refractivity contribution in [3.63, 3.8) is 0 Å². The summed E-state index contributed by atoms with van der Waals surface area (Å²) in [6, 6.07) is 1.55. The van der Waals surface area contributed by atoms with E-state index in [4.69, 9.17) is 10.5 Å². The Hall–Kier alpha value is -2.11. The van der Waals surface area contributed by atoms with Crippen LogP contribution in [0.1, 0.15) is 16.8 Å². The summed E-state index contributed by atoms with van der Waals surface area (Å²) < 4.78 is 6.41. The Morgan fingerprint density at radius 3 is 3.04 bits per heavy atom. The van der Waals surface area contributed by atoms with E-state index in [1.165, 1.54) is 15.9 Å². The molecule has 130 valence electrons. The summed E-state index contributed by atoms with van der Waals surface area (Å²) in [4.78, 5) is 34.9. The fraction of sp³-hybridized carbons (Fsp3) is 0.385. The van der Waals surface area contributed by atoms with E-state index in [2.05, 4.69) is 15.5 Å². The Balaban J connectivity index is 1.93. The lowest BCUT2D eigenvalue weighted by molar-refractivity contribution is -0.113. The number of primary amides is 1. The number of thioether (sulfide) groups is 1. The van der Waals surface area contributed by atoms with Gasteiger partial charge >= 0.3 is 5.69 Å². The lowest BCUT2D eigenvalue weighted by atomic mass is 10.3. The number of rotatable bonds is 9.